The molecular formula is C17H25NO3. The number of carbonyl (C=O) groups is 1. The summed E-state index contributed by atoms with van der Waals surface area (Å²) < 4.78 is 5.52. The van der Waals surface area contributed by atoms with E-state index in [2.05, 4.69) is 5.32 Å². The first kappa shape index (κ1) is 16.0. The van der Waals surface area contributed by atoms with E-state index in [0.717, 1.165) is 31.2 Å². The fourth-order valence-electron chi connectivity index (χ4n) is 2.82. The van der Waals surface area contributed by atoms with Crippen molar-refractivity contribution in [1.82, 2.24) is 5.32 Å². The van der Waals surface area contributed by atoms with E-state index in [1.165, 1.54) is 0 Å². The molecule has 4 nitrogen and oxygen atoms in total. The van der Waals surface area contributed by atoms with Crippen molar-refractivity contribution >= 4 is 5.91 Å². The lowest BCUT2D eigenvalue weighted by molar-refractivity contribution is -0.123. The molecule has 0 saturated heterocycles. The predicted molar refractivity (Wildman–Crippen MR) is 81.7 cm³/mol. The molecule has 0 aliphatic heterocycles. The fourth-order valence-corrected chi connectivity index (χ4v) is 2.82. The molecule has 1 amide bonds. The van der Waals surface area contributed by atoms with Gasteiger partial charge in [-0.25, -0.2) is 0 Å². The van der Waals surface area contributed by atoms with Gasteiger partial charge in [-0.15, -0.1) is 0 Å². The first-order valence-electron chi connectivity index (χ1n) is 7.81. The lowest BCUT2D eigenvalue weighted by Gasteiger charge is -2.30. The lowest BCUT2D eigenvalue weighted by Crippen LogP contribution is -2.43. The molecule has 0 spiro atoms. The third-order valence-corrected chi connectivity index (χ3v) is 4.07. The number of nitrogens with one attached hydrogen (secondary N) is 1. The van der Waals surface area contributed by atoms with Crippen LogP contribution in [0.5, 0.6) is 0 Å². The number of hydrogen-bond acceptors (Lipinski definition) is 3. The highest BCUT2D eigenvalue weighted by Crippen LogP contribution is 2.23. The Bertz CT molecular complexity index is 421. The first-order chi connectivity index (χ1) is 10.3. The molecule has 21 heavy (non-hydrogen) atoms. The standard InChI is InChI=1S/C17H25NO3/c19-12-15-8-4-5-9-16(15)18-17(20)10-11-21-13-14-6-2-1-3-7-14/h1-3,6-7,15-16,19H,4-5,8-13H2,(H,18,20). The van der Waals surface area contributed by atoms with Crippen molar-refractivity contribution in [2.24, 2.45) is 5.92 Å². The van der Waals surface area contributed by atoms with Crippen LogP contribution in [-0.2, 0) is 16.1 Å². The Morgan fingerprint density at radius 2 is 2.00 bits per heavy atom. The molecule has 2 N–H and O–H groups in total. The molecule has 1 aliphatic rings. The summed E-state index contributed by atoms with van der Waals surface area (Å²) >= 11 is 0. The number of ether oxygens (including phenoxy) is 1. The van der Waals surface area contributed by atoms with Crippen molar-refractivity contribution < 1.29 is 14.6 Å². The van der Waals surface area contributed by atoms with Crippen molar-refractivity contribution in [3.63, 3.8) is 0 Å². The predicted octanol–water partition coefficient (Wildman–Crippen LogP) is 2.26. The molecule has 4 heteroatoms. The highest BCUT2D eigenvalue weighted by Gasteiger charge is 2.25. The maximum atomic E-state index is 11.9. The van der Waals surface area contributed by atoms with E-state index in [1.54, 1.807) is 0 Å². The molecule has 1 fully saturated rings. The summed E-state index contributed by atoms with van der Waals surface area (Å²) in [7, 11) is 0. The molecule has 2 unspecified atom stereocenters. The molecule has 0 aromatic heterocycles. The van der Waals surface area contributed by atoms with Gasteiger partial charge < -0.3 is 15.2 Å². The summed E-state index contributed by atoms with van der Waals surface area (Å²) in [6.07, 6.45) is 4.64. The van der Waals surface area contributed by atoms with Gasteiger partial charge in [0.25, 0.3) is 0 Å². The van der Waals surface area contributed by atoms with Gasteiger partial charge in [-0.3, -0.25) is 4.79 Å². The number of amides is 1. The quantitative estimate of drug-likeness (QED) is 0.758. The molecule has 2 rings (SSSR count). The highest BCUT2D eigenvalue weighted by atomic mass is 16.5. The summed E-state index contributed by atoms with van der Waals surface area (Å²) in [5.74, 6) is 0.237. The van der Waals surface area contributed by atoms with E-state index in [-0.39, 0.29) is 24.5 Å². The molecule has 0 bridgehead atoms. The van der Waals surface area contributed by atoms with Gasteiger partial charge in [0.15, 0.2) is 0 Å². The number of aliphatic hydroxyl groups excluding tert-OH is 1. The van der Waals surface area contributed by atoms with Crippen molar-refractivity contribution in [1.29, 1.82) is 0 Å². The molecule has 1 saturated carbocycles. The Balaban J connectivity index is 1.63. The van der Waals surface area contributed by atoms with Crippen LogP contribution in [0.4, 0.5) is 0 Å². The van der Waals surface area contributed by atoms with Gasteiger partial charge in [-0.2, -0.15) is 0 Å². The third kappa shape index (κ3) is 5.48. The zero-order valence-electron chi connectivity index (χ0n) is 12.5. The molecule has 1 aliphatic carbocycles. The first-order valence-corrected chi connectivity index (χ1v) is 7.81. The van der Waals surface area contributed by atoms with Gasteiger partial charge in [0.05, 0.1) is 13.2 Å². The van der Waals surface area contributed by atoms with Crippen molar-refractivity contribution in [2.45, 2.75) is 44.8 Å². The van der Waals surface area contributed by atoms with Crippen LogP contribution >= 0.6 is 0 Å². The Morgan fingerprint density at radius 3 is 2.76 bits per heavy atom. The second-order valence-electron chi connectivity index (χ2n) is 5.69. The number of rotatable bonds is 7. The summed E-state index contributed by atoms with van der Waals surface area (Å²) in [6.45, 7) is 1.13. The van der Waals surface area contributed by atoms with Crippen LogP contribution in [0.25, 0.3) is 0 Å². The highest BCUT2D eigenvalue weighted by molar-refractivity contribution is 5.76. The Hall–Kier alpha value is -1.39. The van der Waals surface area contributed by atoms with E-state index >= 15 is 0 Å². The van der Waals surface area contributed by atoms with Gasteiger partial charge in [-0.1, -0.05) is 43.2 Å². The van der Waals surface area contributed by atoms with Crippen LogP contribution < -0.4 is 5.32 Å². The van der Waals surface area contributed by atoms with Crippen LogP contribution in [0.1, 0.15) is 37.7 Å². The average molecular weight is 291 g/mol. The summed E-state index contributed by atoms with van der Waals surface area (Å²) in [6, 6.07) is 10.1. The largest absolute Gasteiger partial charge is 0.396 e. The second kappa shape index (κ2) is 8.80. The van der Waals surface area contributed by atoms with E-state index in [9.17, 15) is 9.90 Å². The zero-order chi connectivity index (χ0) is 14.9. The topological polar surface area (TPSA) is 58.6 Å². The molecule has 0 radical (unpaired) electrons. The molecule has 1 aromatic rings. The molecule has 0 heterocycles. The smallest absolute Gasteiger partial charge is 0.222 e. The van der Waals surface area contributed by atoms with Gasteiger partial charge in [0, 0.05) is 25.0 Å². The fraction of sp³-hybridized carbons (Fsp3) is 0.588. The monoisotopic (exact) mass is 291 g/mol. The van der Waals surface area contributed by atoms with E-state index < -0.39 is 0 Å². The van der Waals surface area contributed by atoms with Crippen LogP contribution in [0, 0.1) is 5.92 Å². The maximum absolute atomic E-state index is 11.9. The minimum atomic E-state index is 0.0217. The number of hydrogen-bond donors (Lipinski definition) is 2. The molecule has 1 aromatic carbocycles. The van der Waals surface area contributed by atoms with Crippen LogP contribution in [-0.4, -0.2) is 30.3 Å². The zero-order valence-corrected chi connectivity index (χ0v) is 12.5. The van der Waals surface area contributed by atoms with Crippen LogP contribution in [0.3, 0.4) is 0 Å². The van der Waals surface area contributed by atoms with E-state index in [0.29, 0.717) is 19.6 Å². The summed E-state index contributed by atoms with van der Waals surface area (Å²) in [4.78, 5) is 11.9. The third-order valence-electron chi connectivity index (χ3n) is 4.07. The van der Waals surface area contributed by atoms with E-state index in [1.807, 2.05) is 30.3 Å². The minimum absolute atomic E-state index is 0.0217. The van der Waals surface area contributed by atoms with Crippen LogP contribution in [0.15, 0.2) is 30.3 Å². The van der Waals surface area contributed by atoms with Crippen LogP contribution in [0.2, 0.25) is 0 Å². The van der Waals surface area contributed by atoms with Gasteiger partial charge >= 0.3 is 0 Å². The van der Waals surface area contributed by atoms with Gasteiger partial charge in [-0.05, 0) is 18.4 Å². The molecular weight excluding hydrogens is 266 g/mol. The Kier molecular flexibility index (Phi) is 6.70. The Labute approximate surface area is 126 Å². The van der Waals surface area contributed by atoms with Crippen molar-refractivity contribution in [3.8, 4) is 0 Å². The van der Waals surface area contributed by atoms with Gasteiger partial charge in [0.1, 0.15) is 0 Å². The minimum Gasteiger partial charge on any atom is -0.396 e. The summed E-state index contributed by atoms with van der Waals surface area (Å²) in [5.41, 5.74) is 1.12. The maximum Gasteiger partial charge on any atom is 0.222 e. The van der Waals surface area contributed by atoms with Crippen molar-refractivity contribution in [2.75, 3.05) is 13.2 Å². The summed E-state index contributed by atoms with van der Waals surface area (Å²) in [5, 5.41) is 12.4. The molecule has 116 valence electrons. The number of carbonyl (C=O) groups excluding carboxylic acids is 1. The van der Waals surface area contributed by atoms with Crippen molar-refractivity contribution in [3.05, 3.63) is 35.9 Å². The van der Waals surface area contributed by atoms with Gasteiger partial charge in [0.2, 0.25) is 5.91 Å². The number of aliphatic hydroxyl groups is 1. The normalized spacial score (nSPS) is 22.0. The SMILES string of the molecule is O=C(CCOCc1ccccc1)NC1CCCCC1CO. The Morgan fingerprint density at radius 1 is 1.24 bits per heavy atom. The molecule has 2 atom stereocenters. The van der Waals surface area contributed by atoms with E-state index in [4.69, 9.17) is 4.74 Å². The average Bonchev–Trinajstić information content (AvgIpc) is 2.53. The number of benzene rings is 1. The second-order valence-corrected chi connectivity index (χ2v) is 5.69. The lowest BCUT2D eigenvalue weighted by atomic mass is 9.85.